The van der Waals surface area contributed by atoms with Crippen LogP contribution in [0.25, 0.3) is 22.0 Å². The lowest BCUT2D eigenvalue weighted by atomic mass is 10.0. The van der Waals surface area contributed by atoms with Crippen LogP contribution in [-0.2, 0) is 6.42 Å². The number of benzene rings is 3. The zero-order chi connectivity index (χ0) is 21.8. The second kappa shape index (κ2) is 9.14. The third-order valence-electron chi connectivity index (χ3n) is 5.05. The van der Waals surface area contributed by atoms with E-state index in [1.54, 1.807) is 24.3 Å². The van der Waals surface area contributed by atoms with Gasteiger partial charge >= 0.3 is 5.97 Å². The normalized spacial score (nSPS) is 10.9. The average Bonchev–Trinajstić information content (AvgIpc) is 2.79. The van der Waals surface area contributed by atoms with Crippen LogP contribution in [0.4, 0.5) is 10.2 Å². The van der Waals surface area contributed by atoms with E-state index in [-0.39, 0.29) is 11.4 Å². The summed E-state index contributed by atoms with van der Waals surface area (Å²) in [5.41, 5.74) is 2.86. The number of anilines is 1. The van der Waals surface area contributed by atoms with Crippen molar-refractivity contribution in [3.05, 3.63) is 83.9 Å². The van der Waals surface area contributed by atoms with Crippen LogP contribution in [0.5, 0.6) is 0 Å². The van der Waals surface area contributed by atoms with E-state index >= 15 is 0 Å². The number of nitrogens with one attached hydrogen (secondary N) is 1. The van der Waals surface area contributed by atoms with Crippen molar-refractivity contribution in [2.45, 2.75) is 11.3 Å². The molecule has 5 nitrogen and oxygen atoms in total. The summed E-state index contributed by atoms with van der Waals surface area (Å²) in [6.07, 6.45) is 4.04. The maximum Gasteiger partial charge on any atom is 0.336 e. The van der Waals surface area contributed by atoms with Crippen LogP contribution in [0.2, 0.25) is 0 Å². The first-order chi connectivity index (χ1) is 15.1. The molecule has 4 aromatic rings. The number of thioether (sulfide) groups is 1. The quantitative estimate of drug-likeness (QED) is 0.374. The maximum atomic E-state index is 14.0. The summed E-state index contributed by atoms with van der Waals surface area (Å²) in [7, 11) is 0. The molecule has 0 bridgehead atoms. The van der Waals surface area contributed by atoms with Gasteiger partial charge in [-0.25, -0.2) is 19.2 Å². The minimum atomic E-state index is -0.950. The monoisotopic (exact) mass is 433 g/mol. The van der Waals surface area contributed by atoms with Crippen molar-refractivity contribution < 1.29 is 14.3 Å². The zero-order valence-electron chi connectivity index (χ0n) is 16.8. The molecule has 0 spiro atoms. The number of carboxylic acid groups (broad SMARTS) is 1. The van der Waals surface area contributed by atoms with Gasteiger partial charge in [0.1, 0.15) is 18.0 Å². The number of halogens is 1. The topological polar surface area (TPSA) is 75.1 Å². The molecule has 7 heteroatoms. The molecule has 0 fully saturated rings. The molecule has 31 heavy (non-hydrogen) atoms. The Morgan fingerprint density at radius 3 is 2.68 bits per heavy atom. The highest BCUT2D eigenvalue weighted by atomic mass is 32.2. The fourth-order valence-electron chi connectivity index (χ4n) is 3.52. The Kier molecular flexibility index (Phi) is 6.13. The summed E-state index contributed by atoms with van der Waals surface area (Å²) in [6, 6.07) is 17.8. The molecule has 0 radical (unpaired) electrons. The third kappa shape index (κ3) is 4.51. The van der Waals surface area contributed by atoms with Gasteiger partial charge in [0.25, 0.3) is 0 Å². The van der Waals surface area contributed by atoms with Crippen LogP contribution in [-0.4, -0.2) is 33.8 Å². The standard InChI is InChI=1S/C24H20FN3O2S/c1-31-22-12-16(8-9-19(22)24(29)30)21-13-23(28-14-27-21)26-11-10-15-4-2-6-18-17(15)5-3-7-20(18)25/h2-9,12-14H,10-11H2,1H3,(H,29,30)(H,26,27,28). The lowest BCUT2D eigenvalue weighted by Gasteiger charge is -2.10. The Hall–Kier alpha value is -3.45. The molecule has 3 aromatic carbocycles. The third-order valence-corrected chi connectivity index (χ3v) is 5.83. The summed E-state index contributed by atoms with van der Waals surface area (Å²) < 4.78 is 14.0. The van der Waals surface area contributed by atoms with E-state index in [1.807, 2.05) is 36.6 Å². The van der Waals surface area contributed by atoms with E-state index in [0.29, 0.717) is 34.8 Å². The number of hydrogen-bond acceptors (Lipinski definition) is 5. The van der Waals surface area contributed by atoms with Crippen LogP contribution in [0.15, 0.2) is 71.9 Å². The smallest absolute Gasteiger partial charge is 0.336 e. The van der Waals surface area contributed by atoms with Crippen molar-refractivity contribution in [3.8, 4) is 11.3 Å². The highest BCUT2D eigenvalue weighted by molar-refractivity contribution is 7.98. The number of nitrogens with zero attached hydrogens (tertiary/aromatic N) is 2. The van der Waals surface area contributed by atoms with Crippen LogP contribution in [0, 0.1) is 5.82 Å². The Morgan fingerprint density at radius 2 is 1.87 bits per heavy atom. The summed E-state index contributed by atoms with van der Waals surface area (Å²) in [5.74, 6) is -0.495. The highest BCUT2D eigenvalue weighted by Gasteiger charge is 2.12. The molecule has 0 amide bonds. The fraction of sp³-hybridized carbons (Fsp3) is 0.125. The van der Waals surface area contributed by atoms with Gasteiger partial charge in [0.15, 0.2) is 0 Å². The number of aromatic carboxylic acids is 1. The molecule has 1 heterocycles. The SMILES string of the molecule is CSc1cc(-c2cc(NCCc3cccc4c(F)cccc34)ncn2)ccc1C(=O)O. The van der Waals surface area contributed by atoms with Gasteiger partial charge in [-0.3, -0.25) is 0 Å². The molecule has 1 aromatic heterocycles. The molecule has 0 aliphatic heterocycles. The Labute approximate surface area is 183 Å². The molecule has 4 rings (SSSR count). The molecular formula is C24H20FN3O2S. The maximum absolute atomic E-state index is 14.0. The molecule has 0 atom stereocenters. The van der Waals surface area contributed by atoms with Gasteiger partial charge in [0, 0.05) is 28.5 Å². The van der Waals surface area contributed by atoms with E-state index < -0.39 is 5.97 Å². The fourth-order valence-corrected chi connectivity index (χ4v) is 4.14. The molecule has 0 saturated carbocycles. The Balaban J connectivity index is 1.50. The number of fused-ring (bicyclic) bond motifs is 1. The summed E-state index contributed by atoms with van der Waals surface area (Å²) >= 11 is 1.38. The van der Waals surface area contributed by atoms with E-state index in [4.69, 9.17) is 0 Å². The molecular weight excluding hydrogens is 413 g/mol. The van der Waals surface area contributed by atoms with Gasteiger partial charge in [-0.05, 0) is 41.8 Å². The van der Waals surface area contributed by atoms with Gasteiger partial charge in [-0.1, -0.05) is 36.4 Å². The molecule has 0 aliphatic rings. The van der Waals surface area contributed by atoms with Crippen molar-refractivity contribution in [1.82, 2.24) is 9.97 Å². The highest BCUT2D eigenvalue weighted by Crippen LogP contribution is 2.28. The van der Waals surface area contributed by atoms with E-state index in [1.165, 1.54) is 24.2 Å². The number of aromatic nitrogens is 2. The molecule has 0 saturated heterocycles. The van der Waals surface area contributed by atoms with Crippen molar-refractivity contribution in [2.75, 3.05) is 18.1 Å². The predicted molar refractivity (Wildman–Crippen MR) is 122 cm³/mol. The summed E-state index contributed by atoms with van der Waals surface area (Å²) in [6.45, 7) is 0.625. The van der Waals surface area contributed by atoms with Crippen molar-refractivity contribution in [3.63, 3.8) is 0 Å². The average molecular weight is 434 g/mol. The predicted octanol–water partition coefficient (Wildman–Crippen LogP) is 5.51. The largest absolute Gasteiger partial charge is 0.478 e. The lowest BCUT2D eigenvalue weighted by Crippen LogP contribution is -2.07. The van der Waals surface area contributed by atoms with Gasteiger partial charge in [0.2, 0.25) is 0 Å². The minimum Gasteiger partial charge on any atom is -0.478 e. The van der Waals surface area contributed by atoms with Crippen LogP contribution in [0.3, 0.4) is 0 Å². The lowest BCUT2D eigenvalue weighted by molar-refractivity contribution is 0.0693. The second-order valence-electron chi connectivity index (χ2n) is 6.94. The van der Waals surface area contributed by atoms with Crippen molar-refractivity contribution >= 4 is 34.3 Å². The van der Waals surface area contributed by atoms with Crippen LogP contribution in [0.1, 0.15) is 15.9 Å². The number of rotatable bonds is 7. The van der Waals surface area contributed by atoms with Gasteiger partial charge in [-0.2, -0.15) is 0 Å². The van der Waals surface area contributed by atoms with E-state index in [2.05, 4.69) is 15.3 Å². The molecule has 0 aliphatic carbocycles. The number of carboxylic acids is 1. The molecule has 156 valence electrons. The van der Waals surface area contributed by atoms with Crippen LogP contribution >= 0.6 is 11.8 Å². The van der Waals surface area contributed by atoms with Gasteiger partial charge < -0.3 is 10.4 Å². The number of hydrogen-bond donors (Lipinski definition) is 2. The minimum absolute atomic E-state index is 0.216. The molecule has 0 unspecified atom stereocenters. The van der Waals surface area contributed by atoms with Crippen molar-refractivity contribution in [2.24, 2.45) is 0 Å². The van der Waals surface area contributed by atoms with E-state index in [0.717, 1.165) is 16.5 Å². The Morgan fingerprint density at radius 1 is 1.06 bits per heavy atom. The van der Waals surface area contributed by atoms with Gasteiger partial charge in [-0.15, -0.1) is 11.8 Å². The first-order valence-corrected chi connectivity index (χ1v) is 10.9. The zero-order valence-corrected chi connectivity index (χ0v) is 17.6. The first kappa shape index (κ1) is 20.8. The summed E-state index contributed by atoms with van der Waals surface area (Å²) in [5, 5.41) is 14.1. The number of carbonyl (C=O) groups is 1. The van der Waals surface area contributed by atoms with Crippen molar-refractivity contribution in [1.29, 1.82) is 0 Å². The second-order valence-corrected chi connectivity index (χ2v) is 7.79. The summed E-state index contributed by atoms with van der Waals surface area (Å²) in [4.78, 5) is 20.6. The molecule has 2 N–H and O–H groups in total. The van der Waals surface area contributed by atoms with Crippen LogP contribution < -0.4 is 5.32 Å². The Bertz CT molecular complexity index is 1260. The van der Waals surface area contributed by atoms with Gasteiger partial charge in [0.05, 0.1) is 11.3 Å². The first-order valence-electron chi connectivity index (χ1n) is 9.70. The van der Waals surface area contributed by atoms with E-state index in [9.17, 15) is 14.3 Å².